The zero-order valence-electron chi connectivity index (χ0n) is 10.9. The van der Waals surface area contributed by atoms with Crippen LogP contribution in [0.1, 0.15) is 11.5 Å². The van der Waals surface area contributed by atoms with Gasteiger partial charge < -0.3 is 9.73 Å². The summed E-state index contributed by atoms with van der Waals surface area (Å²) in [7, 11) is 0. The zero-order chi connectivity index (χ0) is 13.1. The molecule has 3 nitrogen and oxygen atoms in total. The van der Waals surface area contributed by atoms with Crippen LogP contribution in [0.15, 0.2) is 52.9 Å². The minimum Gasteiger partial charge on any atom is -0.441 e. The molecule has 1 N–H and O–H groups in total. The summed E-state index contributed by atoms with van der Waals surface area (Å²) in [5, 5.41) is 3.36. The summed E-state index contributed by atoms with van der Waals surface area (Å²) in [6, 6.07) is 16.2. The minimum absolute atomic E-state index is 0.779. The van der Waals surface area contributed by atoms with Gasteiger partial charge in [0.1, 0.15) is 5.52 Å². The Morgan fingerprint density at radius 2 is 1.84 bits per heavy atom. The molecule has 0 radical (unpaired) electrons. The summed E-state index contributed by atoms with van der Waals surface area (Å²) < 4.78 is 5.67. The van der Waals surface area contributed by atoms with E-state index in [2.05, 4.69) is 41.5 Å². The van der Waals surface area contributed by atoms with E-state index in [1.807, 2.05) is 24.3 Å². The summed E-state index contributed by atoms with van der Waals surface area (Å²) in [6.07, 6.45) is 0.780. The second kappa shape index (κ2) is 5.14. The fraction of sp³-hybridized carbons (Fsp3) is 0.188. The van der Waals surface area contributed by atoms with Crippen LogP contribution >= 0.6 is 0 Å². The van der Waals surface area contributed by atoms with Crippen molar-refractivity contribution in [1.29, 1.82) is 0 Å². The van der Waals surface area contributed by atoms with E-state index in [1.54, 1.807) is 0 Å². The molecule has 0 fully saturated rings. The maximum atomic E-state index is 5.67. The molecule has 96 valence electrons. The van der Waals surface area contributed by atoms with Gasteiger partial charge >= 0.3 is 0 Å². The molecule has 0 saturated carbocycles. The van der Waals surface area contributed by atoms with Crippen molar-refractivity contribution < 1.29 is 4.42 Å². The first-order chi connectivity index (χ1) is 9.31. The van der Waals surface area contributed by atoms with Crippen molar-refractivity contribution in [2.24, 2.45) is 0 Å². The summed E-state index contributed by atoms with van der Waals surface area (Å²) in [5.74, 6) is 0.779. The number of para-hydroxylation sites is 2. The largest absolute Gasteiger partial charge is 0.441 e. The van der Waals surface area contributed by atoms with Crippen molar-refractivity contribution in [3.63, 3.8) is 0 Å². The number of anilines is 1. The SMILES string of the molecule is Cc1ccc(NCCc2nc3ccccc3o2)cc1. The maximum absolute atomic E-state index is 5.67. The quantitative estimate of drug-likeness (QED) is 0.767. The standard InChI is InChI=1S/C16H16N2O/c1-12-6-8-13(9-7-12)17-11-10-16-18-14-4-2-3-5-15(14)19-16/h2-9,17H,10-11H2,1H3. The van der Waals surface area contributed by atoms with E-state index in [4.69, 9.17) is 4.42 Å². The van der Waals surface area contributed by atoms with Crippen LogP contribution in [0, 0.1) is 6.92 Å². The number of aromatic nitrogens is 1. The van der Waals surface area contributed by atoms with Gasteiger partial charge in [-0.25, -0.2) is 4.98 Å². The predicted molar refractivity (Wildman–Crippen MR) is 77.4 cm³/mol. The van der Waals surface area contributed by atoms with Gasteiger partial charge in [-0.05, 0) is 31.2 Å². The van der Waals surface area contributed by atoms with Gasteiger partial charge in [-0.2, -0.15) is 0 Å². The van der Waals surface area contributed by atoms with Crippen molar-refractivity contribution >= 4 is 16.8 Å². The number of benzene rings is 2. The van der Waals surface area contributed by atoms with Gasteiger partial charge in [0, 0.05) is 18.7 Å². The summed E-state index contributed by atoms with van der Waals surface area (Å²) >= 11 is 0. The lowest BCUT2D eigenvalue weighted by Crippen LogP contribution is -2.04. The molecule has 1 heterocycles. The number of aryl methyl sites for hydroxylation is 1. The highest BCUT2D eigenvalue weighted by Crippen LogP contribution is 2.15. The maximum Gasteiger partial charge on any atom is 0.197 e. The zero-order valence-corrected chi connectivity index (χ0v) is 10.9. The van der Waals surface area contributed by atoms with E-state index in [0.29, 0.717) is 0 Å². The molecule has 0 spiro atoms. The van der Waals surface area contributed by atoms with Gasteiger partial charge in [-0.1, -0.05) is 29.8 Å². The van der Waals surface area contributed by atoms with Crippen LogP contribution in [-0.2, 0) is 6.42 Å². The average Bonchev–Trinajstić information content (AvgIpc) is 2.83. The number of nitrogens with one attached hydrogen (secondary N) is 1. The van der Waals surface area contributed by atoms with Crippen molar-refractivity contribution in [2.45, 2.75) is 13.3 Å². The normalized spacial score (nSPS) is 10.8. The Labute approximate surface area is 112 Å². The van der Waals surface area contributed by atoms with Crippen LogP contribution in [-0.4, -0.2) is 11.5 Å². The molecule has 3 aromatic rings. The highest BCUT2D eigenvalue weighted by Gasteiger charge is 2.04. The molecule has 3 heteroatoms. The van der Waals surface area contributed by atoms with Crippen LogP contribution in [0.5, 0.6) is 0 Å². The molecule has 0 amide bonds. The Morgan fingerprint density at radius 3 is 2.63 bits per heavy atom. The van der Waals surface area contributed by atoms with E-state index in [0.717, 1.165) is 35.6 Å². The molecule has 0 aliphatic heterocycles. The first-order valence-corrected chi connectivity index (χ1v) is 6.46. The molecule has 1 aromatic heterocycles. The predicted octanol–water partition coefficient (Wildman–Crippen LogP) is 3.79. The fourth-order valence-electron chi connectivity index (χ4n) is 2.01. The number of rotatable bonds is 4. The highest BCUT2D eigenvalue weighted by atomic mass is 16.3. The van der Waals surface area contributed by atoms with Gasteiger partial charge in [-0.15, -0.1) is 0 Å². The van der Waals surface area contributed by atoms with Crippen molar-refractivity contribution in [3.8, 4) is 0 Å². The number of hydrogen-bond donors (Lipinski definition) is 1. The molecule has 0 atom stereocenters. The Morgan fingerprint density at radius 1 is 1.05 bits per heavy atom. The Hall–Kier alpha value is -2.29. The van der Waals surface area contributed by atoms with E-state index >= 15 is 0 Å². The lowest BCUT2D eigenvalue weighted by molar-refractivity contribution is 0.534. The molecule has 0 saturated heterocycles. The number of nitrogens with zero attached hydrogens (tertiary/aromatic N) is 1. The van der Waals surface area contributed by atoms with E-state index in [9.17, 15) is 0 Å². The molecule has 0 bridgehead atoms. The van der Waals surface area contributed by atoms with Crippen LogP contribution in [0.4, 0.5) is 5.69 Å². The van der Waals surface area contributed by atoms with Gasteiger partial charge in [0.05, 0.1) is 0 Å². The first kappa shape index (κ1) is 11.8. The van der Waals surface area contributed by atoms with Crippen molar-refractivity contribution in [1.82, 2.24) is 4.98 Å². The van der Waals surface area contributed by atoms with Gasteiger partial charge in [-0.3, -0.25) is 0 Å². The lowest BCUT2D eigenvalue weighted by atomic mass is 10.2. The topological polar surface area (TPSA) is 38.1 Å². The number of fused-ring (bicyclic) bond motifs is 1. The van der Waals surface area contributed by atoms with Crippen LogP contribution in [0.2, 0.25) is 0 Å². The molecular formula is C16H16N2O. The Kier molecular flexibility index (Phi) is 3.19. The van der Waals surface area contributed by atoms with E-state index in [1.165, 1.54) is 5.56 Å². The van der Waals surface area contributed by atoms with Crippen molar-refractivity contribution in [3.05, 3.63) is 60.0 Å². The molecule has 0 aliphatic carbocycles. The monoisotopic (exact) mass is 252 g/mol. The second-order valence-corrected chi connectivity index (χ2v) is 4.62. The highest BCUT2D eigenvalue weighted by molar-refractivity contribution is 5.72. The Balaban J connectivity index is 1.61. The molecule has 0 aliphatic rings. The smallest absolute Gasteiger partial charge is 0.197 e. The average molecular weight is 252 g/mol. The van der Waals surface area contributed by atoms with E-state index in [-0.39, 0.29) is 0 Å². The molecule has 2 aromatic carbocycles. The molecule has 3 rings (SSSR count). The summed E-state index contributed by atoms with van der Waals surface area (Å²) in [6.45, 7) is 2.90. The molecule has 0 unspecified atom stereocenters. The van der Waals surface area contributed by atoms with Gasteiger partial charge in [0.25, 0.3) is 0 Å². The third kappa shape index (κ3) is 2.76. The van der Waals surface area contributed by atoms with E-state index < -0.39 is 0 Å². The van der Waals surface area contributed by atoms with Crippen LogP contribution < -0.4 is 5.32 Å². The van der Waals surface area contributed by atoms with Crippen LogP contribution in [0.3, 0.4) is 0 Å². The van der Waals surface area contributed by atoms with Gasteiger partial charge in [0.2, 0.25) is 0 Å². The van der Waals surface area contributed by atoms with Crippen molar-refractivity contribution in [2.75, 3.05) is 11.9 Å². The van der Waals surface area contributed by atoms with Crippen LogP contribution in [0.25, 0.3) is 11.1 Å². The van der Waals surface area contributed by atoms with Gasteiger partial charge in [0.15, 0.2) is 11.5 Å². The molecular weight excluding hydrogens is 236 g/mol. The summed E-state index contributed by atoms with van der Waals surface area (Å²) in [5.41, 5.74) is 4.17. The lowest BCUT2D eigenvalue weighted by Gasteiger charge is -2.04. The molecule has 19 heavy (non-hydrogen) atoms. The summed E-state index contributed by atoms with van der Waals surface area (Å²) in [4.78, 5) is 4.45. The second-order valence-electron chi connectivity index (χ2n) is 4.62. The third-order valence-electron chi connectivity index (χ3n) is 3.06. The minimum atomic E-state index is 0.779. The third-order valence-corrected chi connectivity index (χ3v) is 3.06. The number of hydrogen-bond acceptors (Lipinski definition) is 3. The fourth-order valence-corrected chi connectivity index (χ4v) is 2.01. The first-order valence-electron chi connectivity index (χ1n) is 6.46. The Bertz CT molecular complexity index is 638. The number of oxazole rings is 1.